The van der Waals surface area contributed by atoms with Crippen LogP contribution in [0.25, 0.3) is 5.65 Å². The van der Waals surface area contributed by atoms with E-state index in [0.29, 0.717) is 12.2 Å². The Morgan fingerprint density at radius 2 is 2.12 bits per heavy atom. The molecular formula is C11H17N5O. The van der Waals surface area contributed by atoms with Gasteiger partial charge in [-0.25, -0.2) is 4.98 Å². The third kappa shape index (κ3) is 2.27. The molecule has 1 atom stereocenters. The van der Waals surface area contributed by atoms with Crippen LogP contribution in [0.15, 0.2) is 6.07 Å². The lowest BCUT2D eigenvalue weighted by Crippen LogP contribution is -2.37. The highest BCUT2D eigenvalue weighted by molar-refractivity contribution is 5.40. The maximum atomic E-state index is 9.97. The van der Waals surface area contributed by atoms with Crippen molar-refractivity contribution in [3.05, 3.63) is 23.4 Å². The molecule has 0 aliphatic carbocycles. The van der Waals surface area contributed by atoms with Gasteiger partial charge in [-0.15, -0.1) is 10.2 Å². The van der Waals surface area contributed by atoms with Gasteiger partial charge in [0.15, 0.2) is 5.65 Å². The van der Waals surface area contributed by atoms with Crippen LogP contribution in [-0.4, -0.2) is 36.8 Å². The second-order valence-electron chi connectivity index (χ2n) is 4.63. The van der Waals surface area contributed by atoms with Gasteiger partial charge in [-0.05, 0) is 20.8 Å². The van der Waals surface area contributed by atoms with Crippen LogP contribution in [0.2, 0.25) is 0 Å². The summed E-state index contributed by atoms with van der Waals surface area (Å²) in [6.45, 7) is 5.67. The highest BCUT2D eigenvalue weighted by atomic mass is 16.3. The second kappa shape index (κ2) is 4.05. The van der Waals surface area contributed by atoms with E-state index in [4.69, 9.17) is 5.73 Å². The van der Waals surface area contributed by atoms with Crippen molar-refractivity contribution < 1.29 is 5.11 Å². The van der Waals surface area contributed by atoms with Crippen molar-refractivity contribution in [1.29, 1.82) is 0 Å². The zero-order chi connectivity index (χ0) is 12.6. The first-order chi connectivity index (χ1) is 7.93. The highest BCUT2D eigenvalue weighted by Gasteiger charge is 2.22. The van der Waals surface area contributed by atoms with Crippen molar-refractivity contribution in [3.63, 3.8) is 0 Å². The van der Waals surface area contributed by atoms with E-state index < -0.39 is 5.60 Å². The fourth-order valence-corrected chi connectivity index (χ4v) is 1.83. The van der Waals surface area contributed by atoms with Gasteiger partial charge in [-0.3, -0.25) is 4.40 Å². The molecule has 6 nitrogen and oxygen atoms in total. The van der Waals surface area contributed by atoms with E-state index in [9.17, 15) is 5.11 Å². The molecule has 2 aromatic rings. The quantitative estimate of drug-likeness (QED) is 0.781. The second-order valence-corrected chi connectivity index (χ2v) is 4.63. The zero-order valence-corrected chi connectivity index (χ0v) is 10.3. The van der Waals surface area contributed by atoms with Gasteiger partial charge >= 0.3 is 0 Å². The molecule has 0 spiro atoms. The van der Waals surface area contributed by atoms with Gasteiger partial charge in [-0.1, -0.05) is 0 Å². The Bertz CT molecular complexity index is 546. The first kappa shape index (κ1) is 11.9. The van der Waals surface area contributed by atoms with E-state index in [2.05, 4.69) is 15.2 Å². The topological polar surface area (TPSA) is 89.3 Å². The molecule has 0 radical (unpaired) electrons. The molecule has 0 saturated heterocycles. The molecule has 0 fully saturated rings. The van der Waals surface area contributed by atoms with Crippen molar-refractivity contribution in [1.82, 2.24) is 19.6 Å². The number of rotatable bonds is 3. The molecule has 1 unspecified atom stereocenters. The maximum Gasteiger partial charge on any atom is 0.164 e. The molecule has 0 aliphatic rings. The lowest BCUT2D eigenvalue weighted by Gasteiger charge is -2.19. The number of aliphatic hydroxyl groups is 1. The van der Waals surface area contributed by atoms with E-state index in [1.54, 1.807) is 6.92 Å². The van der Waals surface area contributed by atoms with Crippen molar-refractivity contribution in [2.24, 2.45) is 5.73 Å². The Hall–Kier alpha value is -1.53. The standard InChI is InChI=1S/C11H17N5O/c1-7-4-9-14-15-10(5-11(3,17)6-12)16(9)8(2)13-7/h4,17H,5-6,12H2,1-3H3. The van der Waals surface area contributed by atoms with Crippen LogP contribution in [0.5, 0.6) is 0 Å². The summed E-state index contributed by atoms with van der Waals surface area (Å²) in [7, 11) is 0. The number of hydrogen-bond acceptors (Lipinski definition) is 5. The number of aromatic nitrogens is 4. The summed E-state index contributed by atoms with van der Waals surface area (Å²) in [4.78, 5) is 4.36. The van der Waals surface area contributed by atoms with Gasteiger partial charge in [0.05, 0.1) is 5.60 Å². The lowest BCUT2D eigenvalue weighted by atomic mass is 10.0. The molecular weight excluding hydrogens is 218 g/mol. The number of fused-ring (bicyclic) bond motifs is 1. The fraction of sp³-hybridized carbons (Fsp3) is 0.545. The fourth-order valence-electron chi connectivity index (χ4n) is 1.83. The molecule has 0 aliphatic heterocycles. The van der Waals surface area contributed by atoms with Crippen LogP contribution in [0.1, 0.15) is 24.3 Å². The first-order valence-corrected chi connectivity index (χ1v) is 5.54. The van der Waals surface area contributed by atoms with Crippen molar-refractivity contribution in [2.75, 3.05) is 6.54 Å². The Labute approximate surface area is 99.5 Å². The van der Waals surface area contributed by atoms with Crippen LogP contribution in [0.4, 0.5) is 0 Å². The minimum absolute atomic E-state index is 0.181. The maximum absolute atomic E-state index is 9.97. The number of nitrogens with zero attached hydrogens (tertiary/aromatic N) is 4. The van der Waals surface area contributed by atoms with E-state index in [-0.39, 0.29) is 6.54 Å². The predicted molar refractivity (Wildman–Crippen MR) is 63.6 cm³/mol. The molecule has 2 aromatic heterocycles. The number of hydrogen-bond donors (Lipinski definition) is 2. The van der Waals surface area contributed by atoms with Crippen LogP contribution >= 0.6 is 0 Å². The van der Waals surface area contributed by atoms with Gasteiger partial charge in [0.25, 0.3) is 0 Å². The SMILES string of the molecule is Cc1cc2nnc(CC(C)(O)CN)n2c(C)n1. The largest absolute Gasteiger partial charge is 0.388 e. The molecule has 0 saturated carbocycles. The third-order valence-corrected chi connectivity index (χ3v) is 2.73. The highest BCUT2D eigenvalue weighted by Crippen LogP contribution is 2.13. The van der Waals surface area contributed by atoms with E-state index in [0.717, 1.165) is 17.2 Å². The first-order valence-electron chi connectivity index (χ1n) is 5.54. The van der Waals surface area contributed by atoms with Crippen LogP contribution in [-0.2, 0) is 6.42 Å². The van der Waals surface area contributed by atoms with Crippen LogP contribution in [0, 0.1) is 13.8 Å². The summed E-state index contributed by atoms with van der Waals surface area (Å²) in [5, 5.41) is 18.1. The molecule has 2 heterocycles. The van der Waals surface area contributed by atoms with Crippen molar-refractivity contribution in [2.45, 2.75) is 32.8 Å². The summed E-state index contributed by atoms with van der Waals surface area (Å²) < 4.78 is 1.84. The lowest BCUT2D eigenvalue weighted by molar-refractivity contribution is 0.0672. The average Bonchev–Trinajstić information content (AvgIpc) is 2.60. The average molecular weight is 235 g/mol. The minimum Gasteiger partial charge on any atom is -0.388 e. The summed E-state index contributed by atoms with van der Waals surface area (Å²) >= 11 is 0. The number of nitrogens with two attached hydrogens (primary N) is 1. The molecule has 17 heavy (non-hydrogen) atoms. The molecule has 2 rings (SSSR count). The zero-order valence-electron chi connectivity index (χ0n) is 10.3. The van der Waals surface area contributed by atoms with Crippen molar-refractivity contribution in [3.8, 4) is 0 Å². The van der Waals surface area contributed by atoms with Gasteiger partial charge < -0.3 is 10.8 Å². The Morgan fingerprint density at radius 1 is 1.41 bits per heavy atom. The molecule has 3 N–H and O–H groups in total. The normalized spacial score (nSPS) is 15.1. The summed E-state index contributed by atoms with van der Waals surface area (Å²) in [6.07, 6.45) is 0.357. The van der Waals surface area contributed by atoms with Crippen LogP contribution in [0.3, 0.4) is 0 Å². The van der Waals surface area contributed by atoms with Gasteiger partial charge in [0.1, 0.15) is 11.6 Å². The predicted octanol–water partition coefficient (Wildman–Crippen LogP) is -0.00666. The van der Waals surface area contributed by atoms with Gasteiger partial charge in [0, 0.05) is 24.7 Å². The summed E-state index contributed by atoms with van der Waals surface area (Å²) in [5.41, 5.74) is 6.18. The Kier molecular flexibility index (Phi) is 2.84. The monoisotopic (exact) mass is 235 g/mol. The van der Waals surface area contributed by atoms with E-state index in [1.807, 2.05) is 24.3 Å². The third-order valence-electron chi connectivity index (χ3n) is 2.73. The Morgan fingerprint density at radius 3 is 2.76 bits per heavy atom. The van der Waals surface area contributed by atoms with E-state index >= 15 is 0 Å². The molecule has 6 heteroatoms. The van der Waals surface area contributed by atoms with Crippen LogP contribution < -0.4 is 5.73 Å². The van der Waals surface area contributed by atoms with E-state index in [1.165, 1.54) is 0 Å². The minimum atomic E-state index is -0.972. The Balaban J connectivity index is 2.50. The molecule has 0 amide bonds. The van der Waals surface area contributed by atoms with Gasteiger partial charge in [0.2, 0.25) is 0 Å². The molecule has 0 bridgehead atoms. The smallest absolute Gasteiger partial charge is 0.164 e. The summed E-state index contributed by atoms with van der Waals surface area (Å²) in [6, 6.07) is 1.86. The summed E-state index contributed by atoms with van der Waals surface area (Å²) in [5.74, 6) is 1.49. The number of aryl methyl sites for hydroxylation is 2. The molecule has 0 aromatic carbocycles. The van der Waals surface area contributed by atoms with Gasteiger partial charge in [-0.2, -0.15) is 0 Å². The van der Waals surface area contributed by atoms with Crippen molar-refractivity contribution >= 4 is 5.65 Å². The molecule has 92 valence electrons.